The van der Waals surface area contributed by atoms with Crippen molar-refractivity contribution in [3.8, 4) is 0 Å². The smallest absolute Gasteiger partial charge is 0.205 e. The molecule has 4 saturated heterocycles. The summed E-state index contributed by atoms with van der Waals surface area (Å²) in [6.45, 7) is 10.2. The molecule has 0 aromatic heterocycles. The molecule has 0 aliphatic carbocycles. The third-order valence-electron chi connectivity index (χ3n) is 7.00. The van der Waals surface area contributed by atoms with Crippen LogP contribution in [-0.2, 0) is 4.74 Å². The zero-order valence-corrected chi connectivity index (χ0v) is 16.2. The highest BCUT2D eigenvalue weighted by molar-refractivity contribution is 5.08. The van der Waals surface area contributed by atoms with E-state index in [2.05, 4.69) is 37.0 Å². The molecule has 5 rings (SSSR count). The van der Waals surface area contributed by atoms with Gasteiger partial charge in [-0.1, -0.05) is 12.5 Å². The summed E-state index contributed by atoms with van der Waals surface area (Å²) < 4.78 is 6.58. The van der Waals surface area contributed by atoms with Crippen LogP contribution in [0.25, 0.3) is 0 Å². The molecule has 0 N–H and O–H groups in total. The van der Waals surface area contributed by atoms with E-state index in [1.807, 2.05) is 0 Å². The highest BCUT2D eigenvalue weighted by Crippen LogP contribution is 2.42. The van der Waals surface area contributed by atoms with E-state index in [0.717, 1.165) is 26.1 Å². The molecule has 0 aromatic rings. The quantitative estimate of drug-likeness (QED) is 0.756. The van der Waals surface area contributed by atoms with Crippen LogP contribution in [0.1, 0.15) is 44.9 Å². The molecular formula is C20H35N5O. The largest absolute Gasteiger partial charge is 0.356 e. The maximum absolute atomic E-state index is 6.58. The van der Waals surface area contributed by atoms with Crippen molar-refractivity contribution in [1.82, 2.24) is 24.7 Å². The van der Waals surface area contributed by atoms with Crippen LogP contribution in [0.3, 0.4) is 0 Å². The minimum Gasteiger partial charge on any atom is -0.356 e. The number of hydrogen-bond acceptors (Lipinski definition) is 6. The third-order valence-corrected chi connectivity index (χ3v) is 7.00. The van der Waals surface area contributed by atoms with Crippen molar-refractivity contribution in [1.29, 1.82) is 0 Å². The summed E-state index contributed by atoms with van der Waals surface area (Å²) in [7, 11) is 0. The summed E-state index contributed by atoms with van der Waals surface area (Å²) in [4.78, 5) is 8.00. The van der Waals surface area contributed by atoms with Gasteiger partial charge >= 0.3 is 0 Å². The molecule has 2 atom stereocenters. The highest BCUT2D eigenvalue weighted by Gasteiger charge is 2.60. The molecule has 0 saturated carbocycles. The van der Waals surface area contributed by atoms with Gasteiger partial charge in [0.2, 0.25) is 5.79 Å². The summed E-state index contributed by atoms with van der Waals surface area (Å²) in [6.07, 6.45) is 14.1. The van der Waals surface area contributed by atoms with Gasteiger partial charge in [-0.25, -0.2) is 5.01 Å². The predicted octanol–water partition coefficient (Wildman–Crippen LogP) is 1.72. The van der Waals surface area contributed by atoms with Gasteiger partial charge in [0.15, 0.2) is 6.23 Å². The lowest BCUT2D eigenvalue weighted by atomic mass is 10.1. The molecule has 0 bridgehead atoms. The van der Waals surface area contributed by atoms with E-state index >= 15 is 0 Å². The molecule has 2 unspecified atom stereocenters. The number of likely N-dealkylation sites (tertiary alicyclic amines) is 2. The van der Waals surface area contributed by atoms with E-state index in [4.69, 9.17) is 4.74 Å². The van der Waals surface area contributed by atoms with Crippen LogP contribution < -0.4 is 0 Å². The number of rotatable bonds is 4. The monoisotopic (exact) mass is 361 g/mol. The van der Waals surface area contributed by atoms with Crippen LogP contribution in [-0.4, -0.2) is 95.7 Å². The van der Waals surface area contributed by atoms with Crippen molar-refractivity contribution < 1.29 is 4.74 Å². The lowest BCUT2D eigenvalue weighted by molar-refractivity contribution is -0.345. The van der Waals surface area contributed by atoms with E-state index in [0.29, 0.717) is 0 Å². The Morgan fingerprint density at radius 2 is 1.54 bits per heavy atom. The van der Waals surface area contributed by atoms with Gasteiger partial charge in [0.25, 0.3) is 0 Å². The Morgan fingerprint density at radius 1 is 0.769 bits per heavy atom. The van der Waals surface area contributed by atoms with Crippen LogP contribution in [0.5, 0.6) is 0 Å². The fourth-order valence-corrected chi connectivity index (χ4v) is 5.65. The number of ether oxygens (including phenoxy) is 1. The first kappa shape index (κ1) is 17.4. The zero-order valence-electron chi connectivity index (χ0n) is 16.2. The van der Waals surface area contributed by atoms with Crippen LogP contribution in [0.15, 0.2) is 12.3 Å². The van der Waals surface area contributed by atoms with Gasteiger partial charge in [0, 0.05) is 52.4 Å². The van der Waals surface area contributed by atoms with Crippen LogP contribution in [0.2, 0.25) is 0 Å². The molecule has 26 heavy (non-hydrogen) atoms. The molecule has 5 aliphatic heterocycles. The Morgan fingerprint density at radius 3 is 2.19 bits per heavy atom. The SMILES string of the molecule is C1=CN(C2(N3CCCC3)C(N3CCC3)OCCN2N2CCCCC2)CC1. The van der Waals surface area contributed by atoms with Crippen molar-refractivity contribution >= 4 is 0 Å². The number of morpholine rings is 1. The summed E-state index contributed by atoms with van der Waals surface area (Å²) in [5.41, 5.74) is 0. The summed E-state index contributed by atoms with van der Waals surface area (Å²) in [5.74, 6) is -0.153. The summed E-state index contributed by atoms with van der Waals surface area (Å²) in [5, 5.41) is 5.43. The Kier molecular flexibility index (Phi) is 4.96. The maximum atomic E-state index is 6.58. The average Bonchev–Trinajstić information content (AvgIpc) is 3.35. The van der Waals surface area contributed by atoms with Gasteiger partial charge in [0.1, 0.15) is 0 Å². The van der Waals surface area contributed by atoms with Gasteiger partial charge in [-0.15, -0.1) is 0 Å². The molecule has 6 nitrogen and oxygen atoms in total. The normalized spacial score (nSPS) is 38.2. The van der Waals surface area contributed by atoms with Crippen molar-refractivity contribution in [3.05, 3.63) is 12.3 Å². The molecule has 0 spiro atoms. The second-order valence-electron chi connectivity index (χ2n) is 8.50. The maximum Gasteiger partial charge on any atom is 0.205 e. The molecule has 6 heteroatoms. The topological polar surface area (TPSA) is 25.4 Å². The van der Waals surface area contributed by atoms with Gasteiger partial charge in [0.05, 0.1) is 6.61 Å². The van der Waals surface area contributed by atoms with Crippen molar-refractivity contribution in [2.24, 2.45) is 0 Å². The number of hydrazine groups is 1. The van der Waals surface area contributed by atoms with Crippen LogP contribution in [0, 0.1) is 0 Å². The molecule has 0 aromatic carbocycles. The lowest BCUT2D eigenvalue weighted by Gasteiger charge is -2.64. The van der Waals surface area contributed by atoms with Gasteiger partial charge in [-0.05, 0) is 44.7 Å². The van der Waals surface area contributed by atoms with Gasteiger partial charge in [-0.2, -0.15) is 5.01 Å². The molecule has 5 aliphatic rings. The van der Waals surface area contributed by atoms with Gasteiger partial charge in [-0.3, -0.25) is 9.80 Å². The minimum atomic E-state index is -0.153. The number of hydrogen-bond donors (Lipinski definition) is 0. The second-order valence-corrected chi connectivity index (χ2v) is 8.50. The zero-order chi connectivity index (χ0) is 17.4. The Bertz CT molecular complexity index is 512. The number of piperidine rings is 1. The Labute approximate surface area is 158 Å². The second kappa shape index (κ2) is 7.40. The fraction of sp³-hybridized carbons (Fsp3) is 0.900. The molecule has 4 fully saturated rings. The summed E-state index contributed by atoms with van der Waals surface area (Å²) >= 11 is 0. The fourth-order valence-electron chi connectivity index (χ4n) is 5.65. The van der Waals surface area contributed by atoms with Crippen LogP contribution >= 0.6 is 0 Å². The highest BCUT2D eigenvalue weighted by atomic mass is 16.5. The first-order chi connectivity index (χ1) is 12.9. The first-order valence-corrected chi connectivity index (χ1v) is 11.0. The number of nitrogens with zero attached hydrogens (tertiary/aromatic N) is 5. The third kappa shape index (κ3) is 2.73. The summed E-state index contributed by atoms with van der Waals surface area (Å²) in [6, 6.07) is 0. The molecule has 146 valence electrons. The van der Waals surface area contributed by atoms with Crippen LogP contribution in [0.4, 0.5) is 0 Å². The lowest BCUT2D eigenvalue weighted by Crippen LogP contribution is -2.82. The van der Waals surface area contributed by atoms with E-state index in [9.17, 15) is 0 Å². The standard InChI is InChI=1S/C20H35N5O/c1-2-15-24(16-3-1)25-17-18-26-19(21-9-8-10-21)20(25,22-11-4-5-12-22)23-13-6-7-14-23/h4,11,19H,1-3,5-10,12-18H2. The van der Waals surface area contributed by atoms with E-state index in [1.165, 1.54) is 77.8 Å². The average molecular weight is 362 g/mol. The molecule has 5 heterocycles. The van der Waals surface area contributed by atoms with E-state index < -0.39 is 0 Å². The minimum absolute atomic E-state index is 0.153. The Balaban J connectivity index is 1.57. The predicted molar refractivity (Wildman–Crippen MR) is 102 cm³/mol. The van der Waals surface area contributed by atoms with Crippen molar-refractivity contribution in [2.45, 2.75) is 57.0 Å². The molecule has 0 amide bonds. The molecular weight excluding hydrogens is 326 g/mol. The van der Waals surface area contributed by atoms with Crippen molar-refractivity contribution in [3.63, 3.8) is 0 Å². The van der Waals surface area contributed by atoms with Crippen molar-refractivity contribution in [2.75, 3.05) is 59.0 Å². The first-order valence-electron chi connectivity index (χ1n) is 11.0. The Hall–Kier alpha value is -0.660. The molecule has 0 radical (unpaired) electrons. The van der Waals surface area contributed by atoms with E-state index in [-0.39, 0.29) is 12.0 Å². The van der Waals surface area contributed by atoms with E-state index in [1.54, 1.807) is 0 Å². The van der Waals surface area contributed by atoms with Gasteiger partial charge < -0.3 is 9.64 Å².